The maximum absolute atomic E-state index is 11.6. The highest BCUT2D eigenvalue weighted by atomic mass is 16.6. The monoisotopic (exact) mass is 241 g/mol. The van der Waals surface area contributed by atoms with Crippen LogP contribution in [-0.2, 0) is 9.53 Å². The summed E-state index contributed by atoms with van der Waals surface area (Å²) in [6, 6.07) is -0.0777. The summed E-state index contributed by atoms with van der Waals surface area (Å²) < 4.78 is 5.20. The summed E-state index contributed by atoms with van der Waals surface area (Å²) in [5.74, 6) is 0.248. The van der Waals surface area contributed by atoms with E-state index in [0.717, 1.165) is 25.5 Å². The Bertz CT molecular complexity index is 283. The zero-order valence-electron chi connectivity index (χ0n) is 11.2. The SMILES string of the molecule is CC1CCCC(NC(=O)OC(C)(C)C)C1C=O. The predicted molar refractivity (Wildman–Crippen MR) is 65.7 cm³/mol. The molecule has 17 heavy (non-hydrogen) atoms. The molecule has 1 amide bonds. The molecule has 4 nitrogen and oxygen atoms in total. The summed E-state index contributed by atoms with van der Waals surface area (Å²) in [7, 11) is 0. The van der Waals surface area contributed by atoms with Gasteiger partial charge in [0.1, 0.15) is 11.9 Å². The average Bonchev–Trinajstić information content (AvgIpc) is 2.14. The molecule has 98 valence electrons. The minimum atomic E-state index is -0.499. The summed E-state index contributed by atoms with van der Waals surface area (Å²) in [4.78, 5) is 22.7. The highest BCUT2D eigenvalue weighted by Crippen LogP contribution is 2.28. The normalized spacial score (nSPS) is 29.5. The second-order valence-corrected chi connectivity index (χ2v) is 5.87. The van der Waals surface area contributed by atoms with E-state index in [-0.39, 0.29) is 12.0 Å². The third-order valence-electron chi connectivity index (χ3n) is 3.16. The lowest BCUT2D eigenvalue weighted by atomic mass is 9.78. The van der Waals surface area contributed by atoms with Crippen molar-refractivity contribution in [2.75, 3.05) is 0 Å². The Kier molecular flexibility index (Phi) is 4.54. The highest BCUT2D eigenvalue weighted by molar-refractivity contribution is 5.69. The minimum absolute atomic E-state index is 0.0777. The van der Waals surface area contributed by atoms with E-state index in [1.54, 1.807) is 0 Å². The molecule has 0 spiro atoms. The van der Waals surface area contributed by atoms with Gasteiger partial charge in [-0.25, -0.2) is 4.79 Å². The van der Waals surface area contributed by atoms with Crippen molar-refractivity contribution in [3.8, 4) is 0 Å². The molecular weight excluding hydrogens is 218 g/mol. The molecule has 0 saturated heterocycles. The van der Waals surface area contributed by atoms with Gasteiger partial charge in [0.15, 0.2) is 0 Å². The first kappa shape index (κ1) is 14.0. The first-order valence-electron chi connectivity index (χ1n) is 6.28. The van der Waals surface area contributed by atoms with Crippen molar-refractivity contribution in [2.24, 2.45) is 11.8 Å². The second kappa shape index (κ2) is 5.52. The van der Waals surface area contributed by atoms with Gasteiger partial charge in [0.2, 0.25) is 0 Å². The van der Waals surface area contributed by atoms with Gasteiger partial charge >= 0.3 is 6.09 Å². The fourth-order valence-electron chi connectivity index (χ4n) is 2.30. The third-order valence-corrected chi connectivity index (χ3v) is 3.16. The number of carbonyl (C=O) groups is 2. The lowest BCUT2D eigenvalue weighted by molar-refractivity contribution is -0.114. The molecule has 1 fully saturated rings. The van der Waals surface area contributed by atoms with Gasteiger partial charge in [-0.15, -0.1) is 0 Å². The van der Waals surface area contributed by atoms with Gasteiger partial charge in [-0.1, -0.05) is 13.3 Å². The van der Waals surface area contributed by atoms with Gasteiger partial charge < -0.3 is 14.8 Å². The van der Waals surface area contributed by atoms with Gasteiger partial charge in [-0.3, -0.25) is 0 Å². The summed E-state index contributed by atoms with van der Waals surface area (Å²) >= 11 is 0. The molecule has 1 rings (SSSR count). The van der Waals surface area contributed by atoms with E-state index in [0.29, 0.717) is 5.92 Å². The van der Waals surface area contributed by atoms with Crippen LogP contribution in [0.1, 0.15) is 47.0 Å². The Balaban J connectivity index is 2.54. The van der Waals surface area contributed by atoms with Crippen molar-refractivity contribution >= 4 is 12.4 Å². The van der Waals surface area contributed by atoms with Crippen LogP contribution in [0, 0.1) is 11.8 Å². The molecule has 1 aliphatic rings. The molecule has 0 bridgehead atoms. The van der Waals surface area contributed by atoms with Gasteiger partial charge in [0, 0.05) is 12.0 Å². The Morgan fingerprint density at radius 2 is 2.00 bits per heavy atom. The molecule has 0 aromatic carbocycles. The predicted octanol–water partition coefficient (Wildman–Crippen LogP) is 2.51. The number of alkyl carbamates (subject to hydrolysis) is 1. The highest BCUT2D eigenvalue weighted by Gasteiger charge is 2.32. The molecule has 1 aliphatic carbocycles. The largest absolute Gasteiger partial charge is 0.444 e. The summed E-state index contributed by atoms with van der Waals surface area (Å²) in [5, 5.41) is 2.81. The Morgan fingerprint density at radius 1 is 1.35 bits per heavy atom. The van der Waals surface area contributed by atoms with E-state index in [1.165, 1.54) is 0 Å². The number of rotatable bonds is 2. The van der Waals surface area contributed by atoms with Crippen LogP contribution in [0.5, 0.6) is 0 Å². The van der Waals surface area contributed by atoms with E-state index in [2.05, 4.69) is 12.2 Å². The van der Waals surface area contributed by atoms with Crippen molar-refractivity contribution in [2.45, 2.75) is 58.6 Å². The van der Waals surface area contributed by atoms with Gasteiger partial charge in [-0.05, 0) is 39.5 Å². The van der Waals surface area contributed by atoms with Crippen LogP contribution in [0.15, 0.2) is 0 Å². The number of amides is 1. The number of nitrogens with one attached hydrogen (secondary N) is 1. The lowest BCUT2D eigenvalue weighted by Gasteiger charge is -2.33. The fourth-order valence-corrected chi connectivity index (χ4v) is 2.30. The molecule has 1 saturated carbocycles. The molecule has 4 heteroatoms. The molecular formula is C13H23NO3. The van der Waals surface area contributed by atoms with Crippen molar-refractivity contribution in [1.29, 1.82) is 0 Å². The van der Waals surface area contributed by atoms with Crippen molar-refractivity contribution < 1.29 is 14.3 Å². The maximum Gasteiger partial charge on any atom is 0.407 e. The van der Waals surface area contributed by atoms with E-state index in [4.69, 9.17) is 4.74 Å². The van der Waals surface area contributed by atoms with Crippen molar-refractivity contribution in [3.63, 3.8) is 0 Å². The molecule has 3 unspecified atom stereocenters. The van der Waals surface area contributed by atoms with Crippen molar-refractivity contribution in [3.05, 3.63) is 0 Å². The van der Waals surface area contributed by atoms with Crippen LogP contribution in [-0.4, -0.2) is 24.0 Å². The molecule has 0 aliphatic heterocycles. The standard InChI is InChI=1S/C13H23NO3/c1-9-6-5-7-11(10(9)8-15)14-12(16)17-13(2,3)4/h8-11H,5-7H2,1-4H3,(H,14,16). The summed E-state index contributed by atoms with van der Waals surface area (Å²) in [6.45, 7) is 7.54. The zero-order chi connectivity index (χ0) is 13.1. The minimum Gasteiger partial charge on any atom is -0.444 e. The van der Waals surface area contributed by atoms with Crippen LogP contribution in [0.4, 0.5) is 4.79 Å². The van der Waals surface area contributed by atoms with Gasteiger partial charge in [0.05, 0.1) is 0 Å². The maximum atomic E-state index is 11.6. The topological polar surface area (TPSA) is 55.4 Å². The van der Waals surface area contributed by atoms with Crippen LogP contribution >= 0.6 is 0 Å². The smallest absolute Gasteiger partial charge is 0.407 e. The molecule has 0 radical (unpaired) electrons. The number of carbonyl (C=O) groups excluding carboxylic acids is 2. The molecule has 1 N–H and O–H groups in total. The van der Waals surface area contributed by atoms with E-state index < -0.39 is 11.7 Å². The number of ether oxygens (including phenoxy) is 1. The number of hydrogen-bond donors (Lipinski definition) is 1. The number of aldehydes is 1. The van der Waals surface area contributed by atoms with Crippen LogP contribution in [0.2, 0.25) is 0 Å². The first-order valence-corrected chi connectivity index (χ1v) is 6.28. The first-order chi connectivity index (χ1) is 7.83. The van der Waals surface area contributed by atoms with Crippen LogP contribution in [0.3, 0.4) is 0 Å². The third kappa shape index (κ3) is 4.36. The van der Waals surface area contributed by atoms with Crippen LogP contribution in [0.25, 0.3) is 0 Å². The molecule has 0 heterocycles. The average molecular weight is 241 g/mol. The second-order valence-electron chi connectivity index (χ2n) is 5.87. The van der Waals surface area contributed by atoms with Crippen LogP contribution < -0.4 is 5.32 Å². The lowest BCUT2D eigenvalue weighted by Crippen LogP contribution is -2.47. The quantitative estimate of drug-likeness (QED) is 0.756. The molecule has 3 atom stereocenters. The van der Waals surface area contributed by atoms with Gasteiger partial charge in [-0.2, -0.15) is 0 Å². The summed E-state index contributed by atoms with van der Waals surface area (Å²) in [5.41, 5.74) is -0.499. The Labute approximate surface area is 103 Å². The Morgan fingerprint density at radius 3 is 2.53 bits per heavy atom. The van der Waals surface area contributed by atoms with E-state index in [1.807, 2.05) is 20.8 Å². The fraction of sp³-hybridized carbons (Fsp3) is 0.846. The molecule has 0 aromatic rings. The summed E-state index contributed by atoms with van der Waals surface area (Å²) in [6.07, 6.45) is 3.49. The Hall–Kier alpha value is -1.06. The molecule has 0 aromatic heterocycles. The van der Waals surface area contributed by atoms with Gasteiger partial charge in [0.25, 0.3) is 0 Å². The number of hydrogen-bond acceptors (Lipinski definition) is 3. The zero-order valence-corrected chi connectivity index (χ0v) is 11.2. The van der Waals surface area contributed by atoms with E-state index in [9.17, 15) is 9.59 Å². The van der Waals surface area contributed by atoms with Crippen molar-refractivity contribution in [1.82, 2.24) is 5.32 Å². The van der Waals surface area contributed by atoms with E-state index >= 15 is 0 Å².